The molecule has 0 radical (unpaired) electrons. The van der Waals surface area contributed by atoms with Gasteiger partial charge in [0.25, 0.3) is 0 Å². The Morgan fingerprint density at radius 2 is 1.89 bits per heavy atom. The second-order valence-electron chi connectivity index (χ2n) is 5.58. The Balaban J connectivity index is 1.75. The number of para-hydroxylation sites is 1. The van der Waals surface area contributed by atoms with Gasteiger partial charge in [0, 0.05) is 11.8 Å². The molecule has 0 saturated heterocycles. The Bertz CT molecular complexity index is 426. The summed E-state index contributed by atoms with van der Waals surface area (Å²) in [5.74, 6) is 0.751. The quantitative estimate of drug-likeness (QED) is 0.882. The molecular formula is C15H19ClO2. The molecular weight excluding hydrogens is 248 g/mol. The third-order valence-electron chi connectivity index (χ3n) is 4.63. The van der Waals surface area contributed by atoms with Crippen molar-refractivity contribution in [3.63, 3.8) is 0 Å². The molecule has 2 aliphatic carbocycles. The zero-order valence-corrected chi connectivity index (χ0v) is 11.2. The van der Waals surface area contributed by atoms with Gasteiger partial charge in [0.15, 0.2) is 0 Å². The van der Waals surface area contributed by atoms with Gasteiger partial charge in [-0.15, -0.1) is 0 Å². The van der Waals surface area contributed by atoms with Crippen LogP contribution in [-0.2, 0) is 0 Å². The molecule has 1 aromatic rings. The van der Waals surface area contributed by atoms with E-state index in [0.29, 0.717) is 5.02 Å². The molecule has 18 heavy (non-hydrogen) atoms. The molecule has 0 aliphatic heterocycles. The molecule has 98 valence electrons. The predicted molar refractivity (Wildman–Crippen MR) is 72.0 cm³/mol. The first-order valence-electron chi connectivity index (χ1n) is 6.82. The van der Waals surface area contributed by atoms with Gasteiger partial charge in [-0.05, 0) is 25.0 Å². The minimum absolute atomic E-state index is 0.00256. The van der Waals surface area contributed by atoms with Crippen LogP contribution in [0.15, 0.2) is 24.3 Å². The lowest BCUT2D eigenvalue weighted by Crippen LogP contribution is -2.60. The van der Waals surface area contributed by atoms with Crippen molar-refractivity contribution < 1.29 is 9.84 Å². The maximum atomic E-state index is 10.1. The van der Waals surface area contributed by atoms with Crippen LogP contribution < -0.4 is 4.74 Å². The summed E-state index contributed by atoms with van der Waals surface area (Å²) < 4.78 is 6.05. The molecule has 2 nitrogen and oxygen atoms in total. The van der Waals surface area contributed by atoms with Crippen LogP contribution in [0.1, 0.15) is 38.5 Å². The van der Waals surface area contributed by atoms with E-state index in [4.69, 9.17) is 16.3 Å². The summed E-state index contributed by atoms with van der Waals surface area (Å²) in [6.45, 7) is 0. The molecule has 0 bridgehead atoms. The summed E-state index contributed by atoms with van der Waals surface area (Å²) in [5.41, 5.74) is -0.00256. The molecule has 1 N–H and O–H groups in total. The minimum Gasteiger partial charge on any atom is -0.488 e. The van der Waals surface area contributed by atoms with E-state index in [1.54, 1.807) is 0 Å². The van der Waals surface area contributed by atoms with E-state index in [9.17, 15) is 5.11 Å². The van der Waals surface area contributed by atoms with E-state index in [-0.39, 0.29) is 17.6 Å². The van der Waals surface area contributed by atoms with Gasteiger partial charge in [-0.2, -0.15) is 0 Å². The van der Waals surface area contributed by atoms with E-state index in [2.05, 4.69) is 0 Å². The van der Waals surface area contributed by atoms with Gasteiger partial charge in [0.1, 0.15) is 11.9 Å². The average molecular weight is 267 g/mol. The monoisotopic (exact) mass is 266 g/mol. The van der Waals surface area contributed by atoms with Gasteiger partial charge in [-0.3, -0.25) is 0 Å². The smallest absolute Gasteiger partial charge is 0.138 e. The van der Waals surface area contributed by atoms with Crippen LogP contribution >= 0.6 is 11.6 Å². The molecule has 2 aliphatic rings. The van der Waals surface area contributed by atoms with E-state index in [1.807, 2.05) is 24.3 Å². The number of halogens is 1. The highest BCUT2D eigenvalue weighted by molar-refractivity contribution is 6.32. The maximum Gasteiger partial charge on any atom is 0.138 e. The Morgan fingerprint density at radius 3 is 2.56 bits per heavy atom. The lowest BCUT2D eigenvalue weighted by Gasteiger charge is -2.55. The number of hydrogen-bond acceptors (Lipinski definition) is 2. The third-order valence-corrected chi connectivity index (χ3v) is 4.94. The van der Waals surface area contributed by atoms with Gasteiger partial charge < -0.3 is 9.84 Å². The van der Waals surface area contributed by atoms with Crippen molar-refractivity contribution in [2.24, 2.45) is 5.41 Å². The van der Waals surface area contributed by atoms with Crippen molar-refractivity contribution in [2.45, 2.75) is 50.7 Å². The number of aliphatic hydroxyl groups is 1. The molecule has 3 heteroatoms. The predicted octanol–water partition coefficient (Wildman–Crippen LogP) is 3.80. The minimum atomic E-state index is -0.190. The normalized spacial score (nSPS) is 29.9. The van der Waals surface area contributed by atoms with Crippen molar-refractivity contribution in [3.8, 4) is 5.75 Å². The summed E-state index contributed by atoms with van der Waals surface area (Å²) in [5, 5.41) is 10.8. The molecule has 0 heterocycles. The molecule has 2 fully saturated rings. The molecule has 0 aromatic heterocycles. The molecule has 2 saturated carbocycles. The van der Waals surface area contributed by atoms with E-state index >= 15 is 0 Å². The second kappa shape index (κ2) is 4.75. The highest BCUT2D eigenvalue weighted by Gasteiger charge is 2.56. The van der Waals surface area contributed by atoms with Crippen molar-refractivity contribution in [1.29, 1.82) is 0 Å². The zero-order chi connectivity index (χ0) is 12.6. The van der Waals surface area contributed by atoms with Crippen molar-refractivity contribution in [3.05, 3.63) is 29.3 Å². The highest BCUT2D eigenvalue weighted by Crippen LogP contribution is 2.53. The fraction of sp³-hybridized carbons (Fsp3) is 0.600. The Kier molecular flexibility index (Phi) is 3.25. The Morgan fingerprint density at radius 1 is 1.17 bits per heavy atom. The second-order valence-corrected chi connectivity index (χ2v) is 5.99. The molecule has 3 rings (SSSR count). The molecule has 2 atom stereocenters. The number of ether oxygens (including phenoxy) is 1. The average Bonchev–Trinajstić information content (AvgIpc) is 2.41. The Hall–Kier alpha value is -0.730. The first-order valence-corrected chi connectivity index (χ1v) is 7.19. The summed E-state index contributed by atoms with van der Waals surface area (Å²) in [6.07, 6.45) is 6.56. The van der Waals surface area contributed by atoms with Crippen molar-refractivity contribution in [2.75, 3.05) is 0 Å². The van der Waals surface area contributed by atoms with E-state index in [1.165, 1.54) is 19.3 Å². The summed E-state index contributed by atoms with van der Waals surface area (Å²) in [4.78, 5) is 0. The topological polar surface area (TPSA) is 29.5 Å². The van der Waals surface area contributed by atoms with Crippen LogP contribution in [0.25, 0.3) is 0 Å². The summed E-state index contributed by atoms with van der Waals surface area (Å²) >= 11 is 6.13. The van der Waals surface area contributed by atoms with Crippen molar-refractivity contribution >= 4 is 11.6 Å². The molecule has 1 aromatic carbocycles. The molecule has 0 amide bonds. The molecule has 2 unspecified atom stereocenters. The van der Waals surface area contributed by atoms with Crippen LogP contribution in [0.2, 0.25) is 5.02 Å². The van der Waals surface area contributed by atoms with Gasteiger partial charge in [-0.1, -0.05) is 43.0 Å². The third kappa shape index (κ3) is 1.92. The number of benzene rings is 1. The number of hydrogen-bond donors (Lipinski definition) is 1. The van der Waals surface area contributed by atoms with Crippen LogP contribution in [-0.4, -0.2) is 17.3 Å². The SMILES string of the molecule is OC1CC(Oc2ccccc2Cl)C12CCCCC2. The fourth-order valence-corrected chi connectivity index (χ4v) is 3.63. The van der Waals surface area contributed by atoms with Gasteiger partial charge in [-0.25, -0.2) is 0 Å². The van der Waals surface area contributed by atoms with E-state index in [0.717, 1.165) is 25.0 Å². The van der Waals surface area contributed by atoms with E-state index < -0.39 is 0 Å². The lowest BCUT2D eigenvalue weighted by molar-refractivity contribution is -0.172. The van der Waals surface area contributed by atoms with Crippen molar-refractivity contribution in [1.82, 2.24) is 0 Å². The maximum absolute atomic E-state index is 10.1. The number of aliphatic hydroxyl groups excluding tert-OH is 1. The standard InChI is InChI=1S/C15H19ClO2/c16-11-6-2-3-7-12(11)18-14-10-13(17)15(14)8-4-1-5-9-15/h2-3,6-7,13-14,17H,1,4-5,8-10H2. The highest BCUT2D eigenvalue weighted by atomic mass is 35.5. The van der Waals surface area contributed by atoms with Gasteiger partial charge in [0.05, 0.1) is 11.1 Å². The van der Waals surface area contributed by atoms with Gasteiger partial charge in [0.2, 0.25) is 0 Å². The van der Waals surface area contributed by atoms with Crippen LogP contribution in [0, 0.1) is 5.41 Å². The number of rotatable bonds is 2. The lowest BCUT2D eigenvalue weighted by atomic mass is 9.56. The summed E-state index contributed by atoms with van der Waals surface area (Å²) in [7, 11) is 0. The largest absolute Gasteiger partial charge is 0.488 e. The van der Waals surface area contributed by atoms with Gasteiger partial charge >= 0.3 is 0 Å². The first-order chi connectivity index (χ1) is 8.72. The zero-order valence-electron chi connectivity index (χ0n) is 10.4. The van der Waals surface area contributed by atoms with Crippen LogP contribution in [0.3, 0.4) is 0 Å². The molecule has 1 spiro atoms. The first kappa shape index (κ1) is 12.3. The van der Waals surface area contributed by atoms with Crippen LogP contribution in [0.5, 0.6) is 5.75 Å². The Labute approximate surface area is 113 Å². The summed E-state index contributed by atoms with van der Waals surface area (Å²) in [6, 6.07) is 7.59. The van der Waals surface area contributed by atoms with Crippen LogP contribution in [0.4, 0.5) is 0 Å². The fourth-order valence-electron chi connectivity index (χ4n) is 3.45.